The van der Waals surface area contributed by atoms with Crippen LogP contribution in [-0.2, 0) is 0 Å². The molecular weight excluding hydrogens is 238 g/mol. The number of amides is 1. The molecule has 4 nitrogen and oxygen atoms in total. The van der Waals surface area contributed by atoms with E-state index in [0.29, 0.717) is 5.92 Å². The minimum Gasteiger partial charge on any atom is -0.378 e. The van der Waals surface area contributed by atoms with Crippen LogP contribution in [0.5, 0.6) is 0 Å². The first-order valence-electron chi connectivity index (χ1n) is 6.93. The number of piperidine rings is 1. The van der Waals surface area contributed by atoms with Crippen molar-refractivity contribution in [3.63, 3.8) is 0 Å². The summed E-state index contributed by atoms with van der Waals surface area (Å²) >= 11 is 0. The van der Waals surface area contributed by atoms with Crippen molar-refractivity contribution >= 4 is 11.6 Å². The van der Waals surface area contributed by atoms with E-state index in [0.717, 1.165) is 43.7 Å². The van der Waals surface area contributed by atoms with E-state index >= 15 is 0 Å². The molecule has 0 unspecified atom stereocenters. The number of anilines is 1. The number of nitrogens with one attached hydrogen (secondary N) is 2. The third-order valence-electron chi connectivity index (χ3n) is 3.66. The highest BCUT2D eigenvalue weighted by molar-refractivity contribution is 5.94. The number of benzene rings is 1. The summed E-state index contributed by atoms with van der Waals surface area (Å²) in [7, 11) is 3.98. The maximum Gasteiger partial charge on any atom is 0.251 e. The lowest BCUT2D eigenvalue weighted by atomic mass is 9.98. The fraction of sp³-hybridized carbons (Fsp3) is 0.533. The predicted molar refractivity (Wildman–Crippen MR) is 78.7 cm³/mol. The minimum absolute atomic E-state index is 0.0313. The molecule has 1 aliphatic rings. The molecule has 0 aliphatic carbocycles. The van der Waals surface area contributed by atoms with Gasteiger partial charge in [0.05, 0.1) is 0 Å². The molecule has 1 fully saturated rings. The van der Waals surface area contributed by atoms with E-state index in [9.17, 15) is 4.79 Å². The zero-order valence-electron chi connectivity index (χ0n) is 11.8. The Balaban J connectivity index is 1.85. The maximum absolute atomic E-state index is 12.0. The number of hydrogen-bond donors (Lipinski definition) is 2. The van der Waals surface area contributed by atoms with Crippen LogP contribution in [0.4, 0.5) is 5.69 Å². The van der Waals surface area contributed by atoms with Gasteiger partial charge in [0.15, 0.2) is 0 Å². The van der Waals surface area contributed by atoms with Crippen LogP contribution in [0.3, 0.4) is 0 Å². The summed E-state index contributed by atoms with van der Waals surface area (Å²) in [6.07, 6.45) is 2.31. The lowest BCUT2D eigenvalue weighted by Crippen LogP contribution is -2.35. The number of nitrogens with zero attached hydrogens (tertiary/aromatic N) is 1. The predicted octanol–water partition coefficient (Wildman–Crippen LogP) is 1.48. The van der Waals surface area contributed by atoms with Gasteiger partial charge in [-0.25, -0.2) is 0 Å². The highest BCUT2D eigenvalue weighted by Crippen LogP contribution is 2.13. The van der Waals surface area contributed by atoms with Gasteiger partial charge < -0.3 is 15.5 Å². The van der Waals surface area contributed by atoms with Crippen LogP contribution in [0.1, 0.15) is 23.2 Å². The van der Waals surface area contributed by atoms with Gasteiger partial charge in [-0.15, -0.1) is 0 Å². The van der Waals surface area contributed by atoms with Gasteiger partial charge in [-0.3, -0.25) is 4.79 Å². The van der Waals surface area contributed by atoms with Crippen LogP contribution < -0.4 is 15.5 Å². The van der Waals surface area contributed by atoms with E-state index in [4.69, 9.17) is 0 Å². The van der Waals surface area contributed by atoms with Crippen molar-refractivity contribution in [2.45, 2.75) is 12.8 Å². The van der Waals surface area contributed by atoms with Crippen LogP contribution in [0.25, 0.3) is 0 Å². The molecule has 2 rings (SSSR count). The second-order valence-electron chi connectivity index (χ2n) is 5.34. The van der Waals surface area contributed by atoms with Crippen LogP contribution in [0.15, 0.2) is 24.3 Å². The molecule has 1 heterocycles. The Morgan fingerprint density at radius 1 is 1.26 bits per heavy atom. The Morgan fingerprint density at radius 3 is 2.47 bits per heavy atom. The van der Waals surface area contributed by atoms with Gasteiger partial charge in [0, 0.05) is 31.9 Å². The van der Waals surface area contributed by atoms with E-state index in [2.05, 4.69) is 10.6 Å². The van der Waals surface area contributed by atoms with Crippen LogP contribution >= 0.6 is 0 Å². The number of carbonyl (C=O) groups excluding carboxylic acids is 1. The Bertz CT molecular complexity index is 408. The molecule has 1 aliphatic heterocycles. The van der Waals surface area contributed by atoms with E-state index in [-0.39, 0.29) is 5.91 Å². The average molecular weight is 261 g/mol. The molecule has 19 heavy (non-hydrogen) atoms. The van der Waals surface area contributed by atoms with Gasteiger partial charge in [0.1, 0.15) is 0 Å². The summed E-state index contributed by atoms with van der Waals surface area (Å²) in [6, 6.07) is 7.71. The third kappa shape index (κ3) is 3.96. The summed E-state index contributed by atoms with van der Waals surface area (Å²) in [6.45, 7) is 2.92. The van der Waals surface area contributed by atoms with Crippen molar-refractivity contribution in [1.82, 2.24) is 10.6 Å². The number of rotatable bonds is 4. The van der Waals surface area contributed by atoms with Crippen molar-refractivity contribution in [1.29, 1.82) is 0 Å². The zero-order valence-corrected chi connectivity index (χ0v) is 11.8. The fourth-order valence-corrected chi connectivity index (χ4v) is 2.34. The lowest BCUT2D eigenvalue weighted by molar-refractivity contribution is 0.0944. The van der Waals surface area contributed by atoms with Gasteiger partial charge in [-0.2, -0.15) is 0 Å². The minimum atomic E-state index is 0.0313. The van der Waals surface area contributed by atoms with Crippen molar-refractivity contribution in [2.75, 3.05) is 38.6 Å². The molecule has 2 N–H and O–H groups in total. The summed E-state index contributed by atoms with van der Waals surface area (Å²) in [4.78, 5) is 14.1. The average Bonchev–Trinajstić information content (AvgIpc) is 2.46. The molecule has 1 aromatic rings. The highest BCUT2D eigenvalue weighted by Gasteiger charge is 2.14. The van der Waals surface area contributed by atoms with Crippen molar-refractivity contribution in [3.8, 4) is 0 Å². The fourth-order valence-electron chi connectivity index (χ4n) is 2.34. The van der Waals surface area contributed by atoms with Gasteiger partial charge in [-0.05, 0) is 56.1 Å². The van der Waals surface area contributed by atoms with Crippen LogP contribution in [0.2, 0.25) is 0 Å². The van der Waals surface area contributed by atoms with E-state index < -0.39 is 0 Å². The summed E-state index contributed by atoms with van der Waals surface area (Å²) in [5.41, 5.74) is 1.84. The monoisotopic (exact) mass is 261 g/mol. The molecule has 0 atom stereocenters. The molecule has 104 valence electrons. The first kappa shape index (κ1) is 13.9. The first-order valence-corrected chi connectivity index (χ1v) is 6.93. The van der Waals surface area contributed by atoms with Crippen LogP contribution in [-0.4, -0.2) is 39.6 Å². The SMILES string of the molecule is CN(C)c1ccc(C(=O)NCC2CCNCC2)cc1. The van der Waals surface area contributed by atoms with Crippen molar-refractivity contribution in [3.05, 3.63) is 29.8 Å². The molecule has 1 saturated heterocycles. The van der Waals surface area contributed by atoms with E-state index in [1.807, 2.05) is 43.3 Å². The molecule has 0 saturated carbocycles. The van der Waals surface area contributed by atoms with Crippen LogP contribution in [0, 0.1) is 5.92 Å². The smallest absolute Gasteiger partial charge is 0.251 e. The molecule has 0 bridgehead atoms. The zero-order chi connectivity index (χ0) is 13.7. The third-order valence-corrected chi connectivity index (χ3v) is 3.66. The standard InChI is InChI=1S/C15H23N3O/c1-18(2)14-5-3-13(4-6-14)15(19)17-11-12-7-9-16-10-8-12/h3-6,12,16H,7-11H2,1-2H3,(H,17,19). The van der Waals surface area contributed by atoms with E-state index in [1.54, 1.807) is 0 Å². The highest BCUT2D eigenvalue weighted by atomic mass is 16.1. The molecule has 1 aromatic carbocycles. The van der Waals surface area contributed by atoms with E-state index in [1.165, 1.54) is 0 Å². The largest absolute Gasteiger partial charge is 0.378 e. The van der Waals surface area contributed by atoms with Gasteiger partial charge in [0.25, 0.3) is 5.91 Å². The molecule has 0 spiro atoms. The van der Waals surface area contributed by atoms with Crippen molar-refractivity contribution < 1.29 is 4.79 Å². The maximum atomic E-state index is 12.0. The summed E-state index contributed by atoms with van der Waals surface area (Å²) in [5, 5.41) is 6.37. The number of carbonyl (C=O) groups is 1. The Hall–Kier alpha value is -1.55. The molecule has 0 aromatic heterocycles. The number of hydrogen-bond acceptors (Lipinski definition) is 3. The second-order valence-corrected chi connectivity index (χ2v) is 5.34. The quantitative estimate of drug-likeness (QED) is 0.863. The Labute approximate surface area is 115 Å². The Morgan fingerprint density at radius 2 is 1.89 bits per heavy atom. The topological polar surface area (TPSA) is 44.4 Å². The van der Waals surface area contributed by atoms with Crippen molar-refractivity contribution in [2.24, 2.45) is 5.92 Å². The summed E-state index contributed by atoms with van der Waals surface area (Å²) < 4.78 is 0. The van der Waals surface area contributed by atoms with Gasteiger partial charge >= 0.3 is 0 Å². The molecule has 0 radical (unpaired) electrons. The lowest BCUT2D eigenvalue weighted by Gasteiger charge is -2.22. The summed E-state index contributed by atoms with van der Waals surface area (Å²) in [5.74, 6) is 0.648. The molecule has 1 amide bonds. The molecular formula is C15H23N3O. The molecule has 4 heteroatoms. The second kappa shape index (κ2) is 6.57. The van der Waals surface area contributed by atoms with Gasteiger partial charge in [-0.1, -0.05) is 0 Å². The van der Waals surface area contributed by atoms with Gasteiger partial charge in [0.2, 0.25) is 0 Å². The Kier molecular flexibility index (Phi) is 4.80. The normalized spacial score (nSPS) is 16.1. The first-order chi connectivity index (χ1) is 9.16.